The number of hydrogen-bond acceptors (Lipinski definition) is 3. The van der Waals surface area contributed by atoms with Gasteiger partial charge in [-0.05, 0) is 26.2 Å². The molecule has 0 aliphatic heterocycles. The van der Waals surface area contributed by atoms with Crippen LogP contribution in [0.5, 0.6) is 0 Å². The molecule has 3 N–H and O–H groups in total. The van der Waals surface area contributed by atoms with Crippen molar-refractivity contribution >= 4 is 11.9 Å². The first kappa shape index (κ1) is 20.6. The first-order valence-electron chi connectivity index (χ1n) is 8.26. The minimum atomic E-state index is -1.60. The fourth-order valence-corrected chi connectivity index (χ4v) is 2.02. The Kier molecular flexibility index (Phi) is 11.5. The Morgan fingerprint density at radius 1 is 1.05 bits per heavy atom. The summed E-state index contributed by atoms with van der Waals surface area (Å²) >= 11 is 0. The Hall–Kier alpha value is -1.36. The molecular formula is C17H31NO4. The van der Waals surface area contributed by atoms with Crippen LogP contribution in [0.15, 0.2) is 12.2 Å². The molecule has 0 saturated carbocycles. The Morgan fingerprint density at radius 3 is 2.23 bits per heavy atom. The number of aliphatic hydroxyl groups excluding tert-OH is 1. The van der Waals surface area contributed by atoms with Crippen LogP contribution >= 0.6 is 0 Å². The van der Waals surface area contributed by atoms with Crippen molar-refractivity contribution in [3.63, 3.8) is 0 Å². The van der Waals surface area contributed by atoms with E-state index in [-0.39, 0.29) is 12.3 Å². The number of aliphatic hydroxyl groups is 1. The Bertz CT molecular complexity index is 355. The van der Waals surface area contributed by atoms with Crippen LogP contribution < -0.4 is 5.32 Å². The third kappa shape index (κ3) is 9.55. The number of allylic oxidation sites excluding steroid dienone is 2. The van der Waals surface area contributed by atoms with Crippen LogP contribution in [0.4, 0.5) is 0 Å². The number of carboxylic acid groups (broad SMARTS) is 1. The molecular weight excluding hydrogens is 282 g/mol. The summed E-state index contributed by atoms with van der Waals surface area (Å²) in [6, 6.07) is 0. The number of amides is 1. The van der Waals surface area contributed by atoms with Gasteiger partial charge in [0, 0.05) is 6.42 Å². The number of carboxylic acids is 1. The lowest BCUT2D eigenvalue weighted by atomic mass is 10.0. The van der Waals surface area contributed by atoms with Crippen molar-refractivity contribution in [2.75, 3.05) is 6.61 Å². The van der Waals surface area contributed by atoms with Crippen molar-refractivity contribution in [3.8, 4) is 0 Å². The molecule has 1 unspecified atom stereocenters. The van der Waals surface area contributed by atoms with Crippen molar-refractivity contribution in [2.45, 2.75) is 77.2 Å². The Morgan fingerprint density at radius 2 is 1.64 bits per heavy atom. The van der Waals surface area contributed by atoms with Crippen LogP contribution in [-0.4, -0.2) is 34.2 Å². The summed E-state index contributed by atoms with van der Waals surface area (Å²) in [5, 5.41) is 20.3. The largest absolute Gasteiger partial charge is 0.479 e. The van der Waals surface area contributed by atoms with Crippen LogP contribution in [0.1, 0.15) is 71.6 Å². The first-order valence-corrected chi connectivity index (χ1v) is 8.26. The molecule has 0 rings (SSSR count). The number of carbonyl (C=O) groups is 2. The number of hydrogen-bond donors (Lipinski definition) is 3. The van der Waals surface area contributed by atoms with Crippen LogP contribution in [0, 0.1) is 0 Å². The molecule has 1 amide bonds. The zero-order chi connectivity index (χ0) is 16.8. The Labute approximate surface area is 133 Å². The van der Waals surface area contributed by atoms with E-state index in [0.29, 0.717) is 6.42 Å². The standard InChI is InChI=1S/C17H31NO4/c1-3-4-5-6-7-8-9-10-11-12-13-15(20)18-17(2,14-19)16(21)22/h10-11,19H,3-9,12-14H2,1-2H3,(H,18,20)(H,21,22)/b11-10-. The maximum Gasteiger partial charge on any atom is 0.331 e. The minimum Gasteiger partial charge on any atom is -0.479 e. The molecule has 22 heavy (non-hydrogen) atoms. The van der Waals surface area contributed by atoms with Crippen molar-refractivity contribution in [1.29, 1.82) is 0 Å². The molecule has 0 aromatic rings. The van der Waals surface area contributed by atoms with Gasteiger partial charge in [0.2, 0.25) is 5.91 Å². The predicted octanol–water partition coefficient (Wildman–Crippen LogP) is 3.03. The van der Waals surface area contributed by atoms with Crippen LogP contribution in [-0.2, 0) is 9.59 Å². The summed E-state index contributed by atoms with van der Waals surface area (Å²) in [6.45, 7) is 2.88. The van der Waals surface area contributed by atoms with Crippen LogP contribution in [0.25, 0.3) is 0 Å². The highest BCUT2D eigenvalue weighted by Gasteiger charge is 2.33. The van der Waals surface area contributed by atoms with E-state index in [2.05, 4.69) is 18.3 Å². The average Bonchev–Trinajstić information content (AvgIpc) is 2.48. The molecule has 5 heteroatoms. The zero-order valence-corrected chi connectivity index (χ0v) is 13.9. The second kappa shape index (κ2) is 12.2. The number of aliphatic carboxylic acids is 1. The molecule has 0 radical (unpaired) electrons. The van der Waals surface area contributed by atoms with Gasteiger partial charge in [-0.25, -0.2) is 4.79 Å². The van der Waals surface area contributed by atoms with E-state index < -0.39 is 18.1 Å². The number of unbranched alkanes of at least 4 members (excludes halogenated alkanes) is 6. The van der Waals surface area contributed by atoms with E-state index in [4.69, 9.17) is 10.2 Å². The maximum absolute atomic E-state index is 11.6. The van der Waals surface area contributed by atoms with Crippen molar-refractivity contribution in [3.05, 3.63) is 12.2 Å². The second-order valence-corrected chi connectivity index (χ2v) is 5.91. The highest BCUT2D eigenvalue weighted by molar-refractivity contribution is 5.86. The van der Waals surface area contributed by atoms with Crippen molar-refractivity contribution in [2.24, 2.45) is 0 Å². The van der Waals surface area contributed by atoms with E-state index in [1.807, 2.05) is 6.08 Å². The summed E-state index contributed by atoms with van der Waals surface area (Å²) in [7, 11) is 0. The third-order valence-corrected chi connectivity index (χ3v) is 3.63. The zero-order valence-electron chi connectivity index (χ0n) is 13.9. The normalized spacial score (nSPS) is 14.0. The molecule has 0 spiro atoms. The van der Waals surface area contributed by atoms with Crippen LogP contribution in [0.2, 0.25) is 0 Å². The van der Waals surface area contributed by atoms with Gasteiger partial charge in [0.05, 0.1) is 6.61 Å². The lowest BCUT2D eigenvalue weighted by Crippen LogP contribution is -2.54. The van der Waals surface area contributed by atoms with Crippen molar-refractivity contribution in [1.82, 2.24) is 5.32 Å². The van der Waals surface area contributed by atoms with Crippen molar-refractivity contribution < 1.29 is 19.8 Å². The minimum absolute atomic E-state index is 0.232. The molecule has 0 fully saturated rings. The van der Waals surface area contributed by atoms with E-state index in [0.717, 1.165) is 6.42 Å². The van der Waals surface area contributed by atoms with Gasteiger partial charge < -0.3 is 15.5 Å². The van der Waals surface area contributed by atoms with Gasteiger partial charge in [0.25, 0.3) is 0 Å². The lowest BCUT2D eigenvalue weighted by Gasteiger charge is -2.23. The summed E-state index contributed by atoms with van der Waals surface area (Å²) in [6.07, 6.45) is 13.5. The summed E-state index contributed by atoms with van der Waals surface area (Å²) in [5.41, 5.74) is -1.60. The average molecular weight is 313 g/mol. The van der Waals surface area contributed by atoms with Gasteiger partial charge in [0.15, 0.2) is 5.54 Å². The fraction of sp³-hybridized carbons (Fsp3) is 0.765. The topological polar surface area (TPSA) is 86.6 Å². The molecule has 1 atom stereocenters. The summed E-state index contributed by atoms with van der Waals surface area (Å²) in [5.74, 6) is -1.59. The molecule has 5 nitrogen and oxygen atoms in total. The molecule has 0 bridgehead atoms. The lowest BCUT2D eigenvalue weighted by molar-refractivity contribution is -0.148. The molecule has 0 aliphatic rings. The molecule has 0 heterocycles. The number of nitrogens with one attached hydrogen (secondary N) is 1. The monoisotopic (exact) mass is 313 g/mol. The second-order valence-electron chi connectivity index (χ2n) is 5.91. The molecule has 128 valence electrons. The van der Waals surface area contributed by atoms with E-state index >= 15 is 0 Å². The van der Waals surface area contributed by atoms with Crippen LogP contribution in [0.3, 0.4) is 0 Å². The maximum atomic E-state index is 11.6. The van der Waals surface area contributed by atoms with Gasteiger partial charge >= 0.3 is 5.97 Å². The third-order valence-electron chi connectivity index (χ3n) is 3.63. The molecule has 0 aromatic carbocycles. The van der Waals surface area contributed by atoms with Gasteiger partial charge in [0.1, 0.15) is 0 Å². The highest BCUT2D eigenvalue weighted by atomic mass is 16.4. The van der Waals surface area contributed by atoms with E-state index in [1.165, 1.54) is 45.4 Å². The fourth-order valence-electron chi connectivity index (χ4n) is 2.02. The Balaban J connectivity index is 3.71. The number of rotatable bonds is 13. The van der Waals surface area contributed by atoms with E-state index in [1.54, 1.807) is 0 Å². The SMILES string of the molecule is CCCCCCCC/C=C\CCC(=O)NC(C)(CO)C(=O)O. The molecule has 0 aliphatic carbocycles. The summed E-state index contributed by atoms with van der Waals surface area (Å²) < 4.78 is 0. The highest BCUT2D eigenvalue weighted by Crippen LogP contribution is 2.08. The van der Waals surface area contributed by atoms with E-state index in [9.17, 15) is 9.59 Å². The quantitative estimate of drug-likeness (QED) is 0.360. The van der Waals surface area contributed by atoms with Gasteiger partial charge in [-0.15, -0.1) is 0 Å². The summed E-state index contributed by atoms with van der Waals surface area (Å²) in [4.78, 5) is 22.6. The van der Waals surface area contributed by atoms with Gasteiger partial charge in [-0.1, -0.05) is 51.2 Å². The van der Waals surface area contributed by atoms with Gasteiger partial charge in [-0.2, -0.15) is 0 Å². The first-order chi connectivity index (χ1) is 10.5. The van der Waals surface area contributed by atoms with Gasteiger partial charge in [-0.3, -0.25) is 4.79 Å². The number of carbonyl (C=O) groups excluding carboxylic acids is 1. The molecule has 0 aromatic heterocycles. The smallest absolute Gasteiger partial charge is 0.331 e. The predicted molar refractivity (Wildman–Crippen MR) is 87.6 cm³/mol. The molecule has 0 saturated heterocycles.